The maximum Gasteiger partial charge on any atom is 0.166 e. The Labute approximate surface area is 210 Å². The van der Waals surface area contributed by atoms with Gasteiger partial charge in [0.05, 0.1) is 0 Å². The zero-order valence-electron chi connectivity index (χ0n) is 22.5. The summed E-state index contributed by atoms with van der Waals surface area (Å²) in [6, 6.07) is 10.1. The molecule has 1 fully saturated rings. The van der Waals surface area contributed by atoms with E-state index in [-0.39, 0.29) is 6.04 Å². The van der Waals surface area contributed by atoms with Crippen molar-refractivity contribution in [2.45, 2.75) is 59.7 Å². The fourth-order valence-electron chi connectivity index (χ4n) is 5.03. The van der Waals surface area contributed by atoms with Crippen molar-refractivity contribution in [3.05, 3.63) is 30.6 Å². The van der Waals surface area contributed by atoms with E-state index in [1.807, 2.05) is 0 Å². The average molecular weight is 479 g/mol. The Morgan fingerprint density at radius 2 is 1.57 bits per heavy atom. The van der Waals surface area contributed by atoms with Gasteiger partial charge < -0.3 is 19.7 Å². The van der Waals surface area contributed by atoms with E-state index in [2.05, 4.69) is 107 Å². The molecule has 1 aliphatic heterocycles. The van der Waals surface area contributed by atoms with Gasteiger partial charge in [-0.25, -0.2) is 15.0 Å². The summed E-state index contributed by atoms with van der Waals surface area (Å²) in [5.41, 5.74) is 4.09. The standard InChI is InChI=1S/C27H42N8/c1-19(2)34(20(3)4)13-12-28-25-24-27(30-18-29-25)35(21(5)6)26(31-24)22-8-10-23(11-9-22)33-16-14-32(7)15-17-33/h8-11,18-21H,12-17H2,1-7H3,(H,28,29,30). The SMILES string of the molecule is CC(C)N(CCNc1ncnc2c1nc(-c1ccc(N3CCN(C)CC3)cc1)n2C(C)C)C(C)C. The van der Waals surface area contributed by atoms with Crippen LogP contribution in [0.4, 0.5) is 11.5 Å². The van der Waals surface area contributed by atoms with Gasteiger partial charge in [-0.2, -0.15) is 0 Å². The highest BCUT2D eigenvalue weighted by molar-refractivity contribution is 5.86. The lowest BCUT2D eigenvalue weighted by Crippen LogP contribution is -2.44. The van der Waals surface area contributed by atoms with Crippen LogP contribution in [0.2, 0.25) is 0 Å². The average Bonchev–Trinajstić information content (AvgIpc) is 3.22. The number of piperazine rings is 1. The zero-order chi connectivity index (χ0) is 25.1. The van der Waals surface area contributed by atoms with Crippen molar-refractivity contribution in [3.8, 4) is 11.4 Å². The molecule has 0 spiro atoms. The number of aromatic nitrogens is 4. The van der Waals surface area contributed by atoms with Crippen molar-refractivity contribution in [2.75, 3.05) is 56.5 Å². The molecule has 35 heavy (non-hydrogen) atoms. The van der Waals surface area contributed by atoms with Gasteiger partial charge in [0.2, 0.25) is 0 Å². The van der Waals surface area contributed by atoms with Gasteiger partial charge in [-0.15, -0.1) is 0 Å². The Balaban J connectivity index is 1.59. The summed E-state index contributed by atoms with van der Waals surface area (Å²) in [5.74, 6) is 1.74. The number of hydrogen-bond acceptors (Lipinski definition) is 7. The summed E-state index contributed by atoms with van der Waals surface area (Å²) >= 11 is 0. The number of likely N-dealkylation sites (N-methyl/N-ethyl adjacent to an activating group) is 1. The highest BCUT2D eigenvalue weighted by Crippen LogP contribution is 2.31. The molecule has 0 bridgehead atoms. The number of nitrogens with zero attached hydrogens (tertiary/aromatic N) is 7. The zero-order valence-corrected chi connectivity index (χ0v) is 22.5. The molecule has 8 heteroatoms. The van der Waals surface area contributed by atoms with E-state index in [9.17, 15) is 0 Å². The number of anilines is 2. The van der Waals surface area contributed by atoms with Gasteiger partial charge in [-0.1, -0.05) is 0 Å². The Bertz CT molecular complexity index is 1090. The van der Waals surface area contributed by atoms with Crippen LogP contribution in [-0.4, -0.2) is 87.7 Å². The van der Waals surface area contributed by atoms with Crippen molar-refractivity contribution in [1.29, 1.82) is 0 Å². The quantitative estimate of drug-likeness (QED) is 0.490. The first-order valence-corrected chi connectivity index (χ1v) is 13.0. The molecule has 0 aliphatic carbocycles. The normalized spacial score (nSPS) is 15.3. The molecule has 3 aromatic rings. The summed E-state index contributed by atoms with van der Waals surface area (Å²) < 4.78 is 2.22. The molecule has 1 saturated heterocycles. The van der Waals surface area contributed by atoms with Crippen LogP contribution in [0.25, 0.3) is 22.6 Å². The van der Waals surface area contributed by atoms with E-state index in [0.29, 0.717) is 12.1 Å². The lowest BCUT2D eigenvalue weighted by atomic mass is 10.1. The van der Waals surface area contributed by atoms with E-state index < -0.39 is 0 Å². The van der Waals surface area contributed by atoms with Crippen molar-refractivity contribution < 1.29 is 0 Å². The van der Waals surface area contributed by atoms with Gasteiger partial charge in [-0.3, -0.25) is 4.90 Å². The highest BCUT2D eigenvalue weighted by atomic mass is 15.2. The predicted octanol–water partition coefficient (Wildman–Crippen LogP) is 4.36. The van der Waals surface area contributed by atoms with E-state index in [4.69, 9.17) is 4.98 Å². The third-order valence-electron chi connectivity index (χ3n) is 6.98. The van der Waals surface area contributed by atoms with Gasteiger partial charge in [0, 0.05) is 68.6 Å². The number of fused-ring (bicyclic) bond motifs is 1. The largest absolute Gasteiger partial charge is 0.369 e. The number of rotatable bonds is 9. The number of hydrogen-bond donors (Lipinski definition) is 1. The topological polar surface area (TPSA) is 65.3 Å². The molecule has 190 valence electrons. The number of nitrogens with one attached hydrogen (secondary N) is 1. The first-order valence-electron chi connectivity index (χ1n) is 13.0. The van der Waals surface area contributed by atoms with Gasteiger partial charge in [0.15, 0.2) is 17.0 Å². The second kappa shape index (κ2) is 10.9. The Morgan fingerprint density at radius 3 is 2.17 bits per heavy atom. The summed E-state index contributed by atoms with van der Waals surface area (Å²) in [6.45, 7) is 19.4. The van der Waals surface area contributed by atoms with Gasteiger partial charge >= 0.3 is 0 Å². The third-order valence-corrected chi connectivity index (χ3v) is 6.98. The predicted molar refractivity (Wildman–Crippen MR) is 146 cm³/mol. The maximum absolute atomic E-state index is 5.07. The highest BCUT2D eigenvalue weighted by Gasteiger charge is 2.20. The second-order valence-corrected chi connectivity index (χ2v) is 10.5. The Kier molecular flexibility index (Phi) is 7.91. The minimum atomic E-state index is 0.229. The van der Waals surface area contributed by atoms with E-state index in [1.54, 1.807) is 6.33 Å². The van der Waals surface area contributed by atoms with Crippen LogP contribution >= 0.6 is 0 Å². The van der Waals surface area contributed by atoms with E-state index in [0.717, 1.165) is 67.6 Å². The lowest BCUT2D eigenvalue weighted by Gasteiger charge is -2.34. The van der Waals surface area contributed by atoms with Gasteiger partial charge in [0.25, 0.3) is 0 Å². The molecule has 0 radical (unpaired) electrons. The monoisotopic (exact) mass is 478 g/mol. The molecule has 1 aromatic carbocycles. The smallest absolute Gasteiger partial charge is 0.166 e. The van der Waals surface area contributed by atoms with Crippen LogP contribution in [-0.2, 0) is 0 Å². The molecule has 0 unspecified atom stereocenters. The second-order valence-electron chi connectivity index (χ2n) is 10.5. The van der Waals surface area contributed by atoms with Crippen molar-refractivity contribution in [2.24, 2.45) is 0 Å². The fraction of sp³-hybridized carbons (Fsp3) is 0.593. The first-order chi connectivity index (χ1) is 16.8. The summed E-state index contributed by atoms with van der Waals surface area (Å²) in [4.78, 5) is 21.6. The summed E-state index contributed by atoms with van der Waals surface area (Å²) in [7, 11) is 2.19. The lowest BCUT2D eigenvalue weighted by molar-refractivity contribution is 0.182. The number of benzene rings is 1. The minimum Gasteiger partial charge on any atom is -0.369 e. The van der Waals surface area contributed by atoms with Crippen LogP contribution < -0.4 is 10.2 Å². The van der Waals surface area contributed by atoms with Gasteiger partial charge in [0.1, 0.15) is 12.2 Å². The van der Waals surface area contributed by atoms with E-state index in [1.165, 1.54) is 5.69 Å². The van der Waals surface area contributed by atoms with Crippen molar-refractivity contribution in [3.63, 3.8) is 0 Å². The van der Waals surface area contributed by atoms with E-state index >= 15 is 0 Å². The fourth-order valence-corrected chi connectivity index (χ4v) is 5.03. The van der Waals surface area contributed by atoms with Crippen LogP contribution in [0.1, 0.15) is 47.6 Å². The van der Waals surface area contributed by atoms with Crippen LogP contribution in [0.5, 0.6) is 0 Å². The molecule has 8 nitrogen and oxygen atoms in total. The molecule has 0 atom stereocenters. The van der Waals surface area contributed by atoms with Crippen LogP contribution in [0, 0.1) is 0 Å². The van der Waals surface area contributed by atoms with Crippen LogP contribution in [0.15, 0.2) is 30.6 Å². The maximum atomic E-state index is 5.07. The van der Waals surface area contributed by atoms with Crippen molar-refractivity contribution >= 4 is 22.7 Å². The molecular weight excluding hydrogens is 436 g/mol. The summed E-state index contributed by atoms with van der Waals surface area (Å²) in [5, 5.41) is 3.54. The summed E-state index contributed by atoms with van der Waals surface area (Å²) in [6.07, 6.45) is 1.65. The molecule has 2 aromatic heterocycles. The third kappa shape index (κ3) is 5.59. The molecule has 0 amide bonds. The molecule has 3 heterocycles. The number of imidazole rings is 1. The Hall–Kier alpha value is -2.71. The molecular formula is C27H42N8. The van der Waals surface area contributed by atoms with Gasteiger partial charge in [-0.05, 0) is 72.9 Å². The molecule has 1 N–H and O–H groups in total. The van der Waals surface area contributed by atoms with Crippen LogP contribution in [0.3, 0.4) is 0 Å². The molecule has 1 aliphatic rings. The Morgan fingerprint density at radius 1 is 0.914 bits per heavy atom. The minimum absolute atomic E-state index is 0.229. The van der Waals surface area contributed by atoms with Crippen molar-refractivity contribution in [1.82, 2.24) is 29.3 Å². The first kappa shape index (κ1) is 25.4. The molecule has 4 rings (SSSR count). The molecule has 0 saturated carbocycles.